The molecule has 0 amide bonds. The van der Waals surface area contributed by atoms with Crippen molar-refractivity contribution in [1.82, 2.24) is 10.2 Å². The van der Waals surface area contributed by atoms with Crippen molar-refractivity contribution in [3.63, 3.8) is 0 Å². The van der Waals surface area contributed by atoms with Crippen molar-refractivity contribution >= 4 is 28.3 Å². The van der Waals surface area contributed by atoms with E-state index < -0.39 is 0 Å². The number of nitrogens with one attached hydrogen (secondary N) is 1. The normalized spacial score (nSPS) is 21.3. The van der Waals surface area contributed by atoms with Gasteiger partial charge in [-0.15, -0.1) is 12.4 Å². The third-order valence-corrected chi connectivity index (χ3v) is 4.78. The fraction of sp³-hybridized carbons (Fsp3) is 0.600. The highest BCUT2D eigenvalue weighted by atomic mass is 79.9. The van der Waals surface area contributed by atoms with E-state index in [1.54, 1.807) is 6.07 Å². The Labute approximate surface area is 134 Å². The van der Waals surface area contributed by atoms with Gasteiger partial charge in [-0.05, 0) is 46.0 Å². The number of rotatable bonds is 4. The largest absolute Gasteiger partial charge is 0.314 e. The van der Waals surface area contributed by atoms with Gasteiger partial charge in [0, 0.05) is 32.2 Å². The van der Waals surface area contributed by atoms with Crippen LogP contribution in [0.2, 0.25) is 0 Å². The summed E-state index contributed by atoms with van der Waals surface area (Å²) in [6.45, 7) is 4.30. The van der Waals surface area contributed by atoms with E-state index in [9.17, 15) is 4.39 Å². The Kier molecular flexibility index (Phi) is 5.84. The van der Waals surface area contributed by atoms with Crippen LogP contribution >= 0.6 is 28.3 Å². The minimum atomic E-state index is -0.172. The Hall–Kier alpha value is -0.160. The van der Waals surface area contributed by atoms with E-state index in [-0.39, 0.29) is 18.2 Å². The van der Waals surface area contributed by atoms with Gasteiger partial charge >= 0.3 is 0 Å². The van der Waals surface area contributed by atoms with Crippen LogP contribution in [0.1, 0.15) is 30.9 Å². The molecule has 1 aliphatic heterocycles. The van der Waals surface area contributed by atoms with E-state index in [2.05, 4.69) is 26.1 Å². The maximum atomic E-state index is 13.4. The predicted octanol–water partition coefficient (Wildman–Crippen LogP) is 3.76. The SMILES string of the molecule is Cl.Fc1ccc([C@H](CC2CC2)N2CCNCC2)cc1Br. The number of hydrogen-bond donors (Lipinski definition) is 1. The average Bonchev–Trinajstić information content (AvgIpc) is 3.24. The van der Waals surface area contributed by atoms with Crippen molar-refractivity contribution in [2.75, 3.05) is 26.2 Å². The van der Waals surface area contributed by atoms with Crippen LogP contribution in [0.3, 0.4) is 0 Å². The Balaban J connectivity index is 0.00000147. The standard InChI is InChI=1S/C15H20BrFN2.ClH/c16-13-10-12(3-4-14(13)17)15(9-11-1-2-11)19-7-5-18-6-8-19;/h3-4,10-11,15,18H,1-2,5-9H2;1H/t15-;/m0./s1. The summed E-state index contributed by atoms with van der Waals surface area (Å²) in [7, 11) is 0. The van der Waals surface area contributed by atoms with Crippen molar-refractivity contribution in [3.8, 4) is 0 Å². The average molecular weight is 364 g/mol. The summed E-state index contributed by atoms with van der Waals surface area (Å²) in [5.74, 6) is 0.706. The lowest BCUT2D eigenvalue weighted by atomic mass is 9.98. The zero-order valence-electron chi connectivity index (χ0n) is 11.4. The molecule has 0 spiro atoms. The summed E-state index contributed by atoms with van der Waals surface area (Å²) in [5.41, 5.74) is 1.25. The molecule has 5 heteroatoms. The van der Waals surface area contributed by atoms with Gasteiger partial charge in [0.25, 0.3) is 0 Å². The summed E-state index contributed by atoms with van der Waals surface area (Å²) >= 11 is 3.31. The molecule has 0 unspecified atom stereocenters. The van der Waals surface area contributed by atoms with Gasteiger partial charge in [0.2, 0.25) is 0 Å². The molecule has 3 rings (SSSR count). The van der Waals surface area contributed by atoms with Crippen LogP contribution in [0.5, 0.6) is 0 Å². The van der Waals surface area contributed by atoms with Crippen molar-refractivity contribution in [2.45, 2.75) is 25.3 Å². The molecule has 1 aromatic rings. The van der Waals surface area contributed by atoms with Gasteiger partial charge in [0.15, 0.2) is 0 Å². The van der Waals surface area contributed by atoms with Gasteiger partial charge < -0.3 is 5.32 Å². The first-order chi connectivity index (χ1) is 9.24. The Morgan fingerprint density at radius 3 is 2.60 bits per heavy atom. The van der Waals surface area contributed by atoms with E-state index in [1.165, 1.54) is 24.8 Å². The Morgan fingerprint density at radius 2 is 2.00 bits per heavy atom. The van der Waals surface area contributed by atoms with Crippen LogP contribution in [0.4, 0.5) is 4.39 Å². The summed E-state index contributed by atoms with van der Waals surface area (Å²) in [5, 5.41) is 3.40. The van der Waals surface area contributed by atoms with Crippen LogP contribution in [-0.4, -0.2) is 31.1 Å². The van der Waals surface area contributed by atoms with Gasteiger partial charge in [-0.3, -0.25) is 4.90 Å². The highest BCUT2D eigenvalue weighted by molar-refractivity contribution is 9.10. The highest BCUT2D eigenvalue weighted by Crippen LogP contribution is 2.40. The summed E-state index contributed by atoms with van der Waals surface area (Å²) in [4.78, 5) is 2.55. The number of nitrogens with zero attached hydrogens (tertiary/aromatic N) is 1. The molecule has 2 aliphatic rings. The van der Waals surface area contributed by atoms with Crippen molar-refractivity contribution < 1.29 is 4.39 Å². The van der Waals surface area contributed by atoms with Gasteiger partial charge in [-0.1, -0.05) is 18.9 Å². The van der Waals surface area contributed by atoms with Gasteiger partial charge in [-0.25, -0.2) is 4.39 Å². The minimum absolute atomic E-state index is 0. The molecule has 0 radical (unpaired) electrons. The lowest BCUT2D eigenvalue weighted by molar-refractivity contribution is 0.160. The fourth-order valence-corrected chi connectivity index (χ4v) is 3.28. The first kappa shape index (κ1) is 16.2. The van der Waals surface area contributed by atoms with Gasteiger partial charge in [0.05, 0.1) is 4.47 Å². The maximum absolute atomic E-state index is 13.4. The lowest BCUT2D eigenvalue weighted by Gasteiger charge is -2.35. The molecule has 112 valence electrons. The topological polar surface area (TPSA) is 15.3 Å². The van der Waals surface area contributed by atoms with E-state index >= 15 is 0 Å². The van der Waals surface area contributed by atoms with Crippen LogP contribution in [0.15, 0.2) is 22.7 Å². The van der Waals surface area contributed by atoms with Gasteiger partial charge in [0.1, 0.15) is 5.82 Å². The van der Waals surface area contributed by atoms with Gasteiger partial charge in [-0.2, -0.15) is 0 Å². The number of piperazine rings is 1. The molecule has 1 atom stereocenters. The van der Waals surface area contributed by atoms with E-state index in [4.69, 9.17) is 0 Å². The monoisotopic (exact) mass is 362 g/mol. The third kappa shape index (κ3) is 3.94. The van der Waals surface area contributed by atoms with E-state index in [0.717, 1.165) is 32.1 Å². The molecular formula is C15H21BrClFN2. The number of hydrogen-bond acceptors (Lipinski definition) is 2. The predicted molar refractivity (Wildman–Crippen MR) is 85.9 cm³/mol. The molecule has 0 aromatic heterocycles. The third-order valence-electron chi connectivity index (χ3n) is 4.17. The zero-order chi connectivity index (χ0) is 13.2. The summed E-state index contributed by atoms with van der Waals surface area (Å²) < 4.78 is 14.0. The molecule has 2 fully saturated rings. The van der Waals surface area contributed by atoms with Crippen LogP contribution in [-0.2, 0) is 0 Å². The first-order valence-corrected chi connectivity index (χ1v) is 7.93. The molecule has 1 aromatic carbocycles. The minimum Gasteiger partial charge on any atom is -0.314 e. The number of benzene rings is 1. The molecule has 0 bridgehead atoms. The van der Waals surface area contributed by atoms with Crippen molar-refractivity contribution in [2.24, 2.45) is 5.92 Å². The van der Waals surface area contributed by atoms with Crippen molar-refractivity contribution in [3.05, 3.63) is 34.1 Å². The highest BCUT2D eigenvalue weighted by Gasteiger charge is 2.30. The Morgan fingerprint density at radius 1 is 1.30 bits per heavy atom. The van der Waals surface area contributed by atoms with E-state index in [0.29, 0.717) is 10.5 Å². The smallest absolute Gasteiger partial charge is 0.137 e. The lowest BCUT2D eigenvalue weighted by Crippen LogP contribution is -2.45. The quantitative estimate of drug-likeness (QED) is 0.876. The molecule has 20 heavy (non-hydrogen) atoms. The van der Waals surface area contributed by atoms with Crippen molar-refractivity contribution in [1.29, 1.82) is 0 Å². The first-order valence-electron chi connectivity index (χ1n) is 7.14. The number of halogens is 3. The fourth-order valence-electron chi connectivity index (χ4n) is 2.88. The molecule has 1 heterocycles. The molecule has 1 saturated carbocycles. The van der Waals surface area contributed by atoms with Crippen LogP contribution in [0, 0.1) is 11.7 Å². The van der Waals surface area contributed by atoms with Crippen LogP contribution in [0.25, 0.3) is 0 Å². The zero-order valence-corrected chi connectivity index (χ0v) is 13.9. The summed E-state index contributed by atoms with van der Waals surface area (Å²) in [6, 6.07) is 5.95. The molecule has 1 N–H and O–H groups in total. The van der Waals surface area contributed by atoms with Crippen LogP contribution < -0.4 is 5.32 Å². The molecular weight excluding hydrogens is 343 g/mol. The molecule has 2 nitrogen and oxygen atoms in total. The van der Waals surface area contributed by atoms with E-state index in [1.807, 2.05) is 12.1 Å². The second-order valence-corrected chi connectivity index (χ2v) is 6.51. The second-order valence-electron chi connectivity index (χ2n) is 5.65. The summed E-state index contributed by atoms with van der Waals surface area (Å²) in [6.07, 6.45) is 3.95. The Bertz CT molecular complexity index is 447. The maximum Gasteiger partial charge on any atom is 0.137 e. The molecule has 1 saturated heterocycles. The second kappa shape index (κ2) is 7.21. The molecule has 1 aliphatic carbocycles.